The second kappa shape index (κ2) is 11.1. The van der Waals surface area contributed by atoms with Crippen molar-refractivity contribution in [2.75, 3.05) is 36.0 Å². The van der Waals surface area contributed by atoms with Gasteiger partial charge in [-0.25, -0.2) is 9.13 Å². The number of aryl methyl sites for hydroxylation is 6. The number of anilines is 2. The first-order chi connectivity index (χ1) is 18.3. The molecule has 5 rings (SSSR count). The van der Waals surface area contributed by atoms with Gasteiger partial charge in [0.1, 0.15) is 23.8 Å². The lowest BCUT2D eigenvalue weighted by molar-refractivity contribution is -0.654. The fourth-order valence-corrected chi connectivity index (χ4v) is 6.06. The van der Waals surface area contributed by atoms with Gasteiger partial charge in [-0.2, -0.15) is 0 Å². The minimum atomic E-state index is 0.889. The van der Waals surface area contributed by atoms with Gasteiger partial charge < -0.3 is 9.80 Å². The smallest absolute Gasteiger partial charge is 0.368 e. The molecule has 3 heterocycles. The second-order valence-corrected chi connectivity index (χ2v) is 11.6. The van der Waals surface area contributed by atoms with Crippen molar-refractivity contribution in [3.63, 3.8) is 0 Å². The first-order valence-corrected chi connectivity index (χ1v) is 14.5. The maximum atomic E-state index is 4.54. The number of thiazole rings is 2. The van der Waals surface area contributed by atoms with E-state index in [0.29, 0.717) is 0 Å². The predicted octanol–water partition coefficient (Wildman–Crippen LogP) is 6.85. The van der Waals surface area contributed by atoms with Crippen LogP contribution in [0.3, 0.4) is 0 Å². The predicted molar refractivity (Wildman–Crippen MR) is 156 cm³/mol. The Morgan fingerprint density at radius 3 is 1.32 bits per heavy atom. The molecule has 10 heteroatoms. The van der Waals surface area contributed by atoms with Gasteiger partial charge in [-0.05, 0) is 107 Å². The Bertz CT molecular complexity index is 1400. The molecule has 0 unspecified atom stereocenters. The van der Waals surface area contributed by atoms with Gasteiger partial charge in [-0.3, -0.25) is 0 Å². The topological polar surface area (TPSA) is 63.7 Å². The van der Waals surface area contributed by atoms with Crippen molar-refractivity contribution in [1.29, 1.82) is 0 Å². The molecule has 38 heavy (non-hydrogen) atoms. The molecule has 1 saturated heterocycles. The van der Waals surface area contributed by atoms with Crippen LogP contribution in [0.2, 0.25) is 0 Å². The van der Waals surface area contributed by atoms with Gasteiger partial charge in [0.15, 0.2) is 0 Å². The molecule has 4 aromatic rings. The Kier molecular flexibility index (Phi) is 7.62. The van der Waals surface area contributed by atoms with E-state index in [1.165, 1.54) is 22.5 Å². The van der Waals surface area contributed by atoms with Crippen LogP contribution in [-0.4, -0.2) is 26.2 Å². The highest BCUT2D eigenvalue weighted by atomic mass is 32.1. The normalized spacial score (nSPS) is 14.4. The highest BCUT2D eigenvalue weighted by molar-refractivity contribution is 7.13. The molecular weight excluding hydrogens is 512 g/mol. The average molecular weight is 547 g/mol. The van der Waals surface area contributed by atoms with E-state index in [4.69, 9.17) is 0 Å². The highest BCUT2D eigenvalue weighted by Crippen LogP contribution is 2.34. The Hall–Kier alpha value is -3.50. The molecule has 8 nitrogen and oxygen atoms in total. The molecule has 1 fully saturated rings. The van der Waals surface area contributed by atoms with Gasteiger partial charge >= 0.3 is 10.3 Å². The molecule has 0 aliphatic carbocycles. The number of hydrogen-bond acceptors (Lipinski definition) is 8. The molecule has 0 amide bonds. The van der Waals surface area contributed by atoms with Crippen LogP contribution in [0.1, 0.15) is 22.3 Å². The highest BCUT2D eigenvalue weighted by Gasteiger charge is 2.22. The zero-order chi connectivity index (χ0) is 26.8. The van der Waals surface area contributed by atoms with Crippen LogP contribution in [0.25, 0.3) is 0 Å². The number of nitrogens with zero attached hydrogens (tertiary/aromatic N) is 8. The van der Waals surface area contributed by atoms with Crippen LogP contribution in [0, 0.1) is 27.7 Å². The van der Waals surface area contributed by atoms with Gasteiger partial charge in [0.2, 0.25) is 0 Å². The van der Waals surface area contributed by atoms with Crippen molar-refractivity contribution >= 4 is 55.7 Å². The van der Waals surface area contributed by atoms with Crippen molar-refractivity contribution in [2.45, 2.75) is 27.7 Å². The van der Waals surface area contributed by atoms with Gasteiger partial charge in [0.05, 0.1) is 24.3 Å². The molecular formula is C28H34N8S2+2. The Balaban J connectivity index is 1.27. The summed E-state index contributed by atoms with van der Waals surface area (Å²) in [6.45, 7) is 12.5. The van der Waals surface area contributed by atoms with Crippen molar-refractivity contribution in [3.8, 4) is 0 Å². The van der Waals surface area contributed by atoms with Gasteiger partial charge in [-0.15, -0.1) is 0 Å². The van der Waals surface area contributed by atoms with Crippen LogP contribution in [-0.2, 0) is 14.1 Å². The van der Waals surface area contributed by atoms with Crippen LogP contribution < -0.4 is 18.9 Å². The fraction of sp³-hybridized carbons (Fsp3) is 0.357. The lowest BCUT2D eigenvalue weighted by Crippen LogP contribution is -2.47. The van der Waals surface area contributed by atoms with E-state index in [2.05, 4.69) is 82.2 Å². The number of piperazine rings is 1. The summed E-state index contributed by atoms with van der Waals surface area (Å²) in [5, 5.41) is 23.8. The first kappa shape index (κ1) is 26.1. The summed E-state index contributed by atoms with van der Waals surface area (Å²) in [6, 6.07) is 8.84. The van der Waals surface area contributed by atoms with Gasteiger partial charge in [-0.1, -0.05) is 0 Å². The van der Waals surface area contributed by atoms with Gasteiger partial charge in [0, 0.05) is 48.3 Å². The lowest BCUT2D eigenvalue weighted by Gasteiger charge is -2.39. The minimum absolute atomic E-state index is 0.889. The molecule has 0 radical (unpaired) electrons. The number of aromatic nitrogens is 2. The standard InChI is InChI=1S/C28H34N8S2/c1-19-17-25(21(3)15-23(19)29-31-27-33(5)11-13-37-27)35-7-9-36(10-8-35)26-18-20(2)24(16-22(26)4)30-32-28-34(6)12-14-38-28/h11-18H,7-10H2,1-6H3/q+2. The van der Waals surface area contributed by atoms with E-state index in [1.807, 2.05) is 46.4 Å². The molecule has 0 bridgehead atoms. The molecule has 1 aliphatic heterocycles. The van der Waals surface area contributed by atoms with E-state index in [9.17, 15) is 0 Å². The molecule has 2 aromatic carbocycles. The molecule has 0 spiro atoms. The number of hydrogen-bond donors (Lipinski definition) is 0. The summed E-state index contributed by atoms with van der Waals surface area (Å²) >= 11 is 3.17. The van der Waals surface area contributed by atoms with E-state index in [1.54, 1.807) is 22.7 Å². The summed E-state index contributed by atoms with van der Waals surface area (Å²) in [5.74, 6) is 0. The summed E-state index contributed by atoms with van der Waals surface area (Å²) in [5.41, 5.74) is 9.17. The third-order valence-electron chi connectivity index (χ3n) is 7.00. The van der Waals surface area contributed by atoms with Crippen molar-refractivity contribution in [1.82, 2.24) is 0 Å². The minimum Gasteiger partial charge on any atom is -0.368 e. The van der Waals surface area contributed by atoms with Crippen LogP contribution in [0.4, 0.5) is 33.0 Å². The van der Waals surface area contributed by atoms with E-state index in [0.717, 1.165) is 58.9 Å². The molecule has 0 N–H and O–H groups in total. The molecule has 0 atom stereocenters. The lowest BCUT2D eigenvalue weighted by atomic mass is 10.1. The van der Waals surface area contributed by atoms with E-state index >= 15 is 0 Å². The molecule has 0 saturated carbocycles. The van der Waals surface area contributed by atoms with Gasteiger partial charge in [0.25, 0.3) is 0 Å². The van der Waals surface area contributed by atoms with Crippen molar-refractivity contribution < 1.29 is 9.13 Å². The Morgan fingerprint density at radius 2 is 0.974 bits per heavy atom. The van der Waals surface area contributed by atoms with Crippen LogP contribution in [0.5, 0.6) is 0 Å². The van der Waals surface area contributed by atoms with E-state index < -0.39 is 0 Å². The maximum absolute atomic E-state index is 4.54. The van der Waals surface area contributed by atoms with Crippen molar-refractivity contribution in [2.24, 2.45) is 34.6 Å². The molecule has 1 aliphatic rings. The zero-order valence-electron chi connectivity index (χ0n) is 22.8. The van der Waals surface area contributed by atoms with Crippen LogP contribution >= 0.6 is 22.7 Å². The number of rotatable bonds is 6. The summed E-state index contributed by atoms with van der Waals surface area (Å²) in [6.07, 6.45) is 3.99. The quantitative estimate of drug-likeness (QED) is 0.196. The summed E-state index contributed by atoms with van der Waals surface area (Å²) in [4.78, 5) is 4.98. The number of benzene rings is 2. The summed E-state index contributed by atoms with van der Waals surface area (Å²) in [7, 11) is 3.97. The fourth-order valence-electron chi connectivity index (χ4n) is 4.70. The zero-order valence-corrected chi connectivity index (χ0v) is 24.5. The third kappa shape index (κ3) is 5.51. The monoisotopic (exact) mass is 546 g/mol. The first-order valence-electron chi connectivity index (χ1n) is 12.7. The second-order valence-electron chi connectivity index (χ2n) is 9.82. The Labute approximate surface area is 232 Å². The third-order valence-corrected chi connectivity index (χ3v) is 8.67. The average Bonchev–Trinajstić information content (AvgIpc) is 3.51. The maximum Gasteiger partial charge on any atom is 0.408 e. The SMILES string of the molecule is Cc1cc(N2CCN(c3cc(C)c(N=Nc4scc[n+]4C)cc3C)CC2)c(C)cc1N=Nc1scc[n+]1C. The van der Waals surface area contributed by atoms with Crippen LogP contribution in [0.15, 0.2) is 67.9 Å². The summed E-state index contributed by atoms with van der Waals surface area (Å²) < 4.78 is 3.96. The van der Waals surface area contributed by atoms with Crippen molar-refractivity contribution in [3.05, 3.63) is 69.7 Å². The number of azo groups is 2. The largest absolute Gasteiger partial charge is 0.408 e. The Morgan fingerprint density at radius 1 is 0.579 bits per heavy atom. The molecule has 2 aromatic heterocycles. The molecule has 196 valence electrons. The van der Waals surface area contributed by atoms with E-state index in [-0.39, 0.29) is 0 Å².